The Bertz CT molecular complexity index is 484. The monoisotopic (exact) mass is 275 g/mol. The number of carbonyl (C=O) groups is 2. The number of amides is 2. The van der Waals surface area contributed by atoms with E-state index in [1.807, 2.05) is 44.2 Å². The van der Waals surface area contributed by atoms with Crippen LogP contribution in [0.3, 0.4) is 0 Å². The summed E-state index contributed by atoms with van der Waals surface area (Å²) in [4.78, 5) is 26.1. The van der Waals surface area contributed by atoms with Crippen LogP contribution in [-0.4, -0.2) is 34.5 Å². The Morgan fingerprint density at radius 2 is 1.90 bits per heavy atom. The van der Waals surface area contributed by atoms with Crippen LogP contribution in [0, 0.1) is 5.92 Å². The van der Waals surface area contributed by atoms with E-state index >= 15 is 0 Å². The Morgan fingerprint density at radius 3 is 2.45 bits per heavy atom. The van der Waals surface area contributed by atoms with E-state index in [0.29, 0.717) is 6.42 Å². The summed E-state index contributed by atoms with van der Waals surface area (Å²) in [5.74, 6) is -0.488. The van der Waals surface area contributed by atoms with Crippen molar-refractivity contribution in [3.8, 4) is 0 Å². The molecular formula is C16H21NO3. The summed E-state index contributed by atoms with van der Waals surface area (Å²) in [7, 11) is 0. The number of rotatable bonds is 5. The maximum atomic E-state index is 12.6. The van der Waals surface area contributed by atoms with Crippen molar-refractivity contribution in [2.75, 3.05) is 6.61 Å². The summed E-state index contributed by atoms with van der Waals surface area (Å²) in [6, 6.07) is 9.21. The maximum absolute atomic E-state index is 12.6. The van der Waals surface area contributed by atoms with Crippen LogP contribution in [0.5, 0.6) is 0 Å². The maximum Gasteiger partial charge on any atom is 0.237 e. The smallest absolute Gasteiger partial charge is 0.237 e. The summed E-state index contributed by atoms with van der Waals surface area (Å²) in [6.07, 6.45) is 0.675. The minimum Gasteiger partial charge on any atom is -0.396 e. The molecule has 0 aromatic heterocycles. The molecule has 0 radical (unpaired) electrons. The molecule has 2 rings (SSSR count). The fourth-order valence-electron chi connectivity index (χ4n) is 2.84. The zero-order valence-corrected chi connectivity index (χ0v) is 12.0. The average molecular weight is 275 g/mol. The molecule has 2 atom stereocenters. The lowest BCUT2D eigenvalue weighted by Gasteiger charge is -2.29. The highest BCUT2D eigenvalue weighted by Gasteiger charge is 2.43. The molecule has 4 nitrogen and oxygen atoms in total. The molecule has 1 aromatic carbocycles. The Hall–Kier alpha value is -1.68. The summed E-state index contributed by atoms with van der Waals surface area (Å²) in [5, 5.41) is 9.15. The van der Waals surface area contributed by atoms with Gasteiger partial charge in [0.15, 0.2) is 0 Å². The number of imide groups is 1. The Kier molecular flexibility index (Phi) is 4.55. The van der Waals surface area contributed by atoms with Crippen molar-refractivity contribution < 1.29 is 14.7 Å². The SMILES string of the molecule is CC(C)C(CCO)N1C(=O)CC(c2ccccc2)C1=O. The number of benzene rings is 1. The number of carbonyl (C=O) groups excluding carboxylic acids is 2. The largest absolute Gasteiger partial charge is 0.396 e. The van der Waals surface area contributed by atoms with Crippen LogP contribution in [0.1, 0.15) is 38.2 Å². The lowest BCUT2D eigenvalue weighted by molar-refractivity contribution is -0.142. The number of hydrogen-bond donors (Lipinski definition) is 1. The van der Waals surface area contributed by atoms with E-state index in [-0.39, 0.29) is 42.7 Å². The standard InChI is InChI=1S/C16H21NO3/c1-11(2)14(8-9-18)17-15(19)10-13(16(17)20)12-6-4-3-5-7-12/h3-7,11,13-14,18H,8-10H2,1-2H3. The van der Waals surface area contributed by atoms with Crippen LogP contribution in [0.15, 0.2) is 30.3 Å². The molecule has 4 heteroatoms. The molecule has 1 fully saturated rings. The minimum absolute atomic E-state index is 0.0179. The van der Waals surface area contributed by atoms with E-state index in [1.54, 1.807) is 0 Å². The van der Waals surface area contributed by atoms with Gasteiger partial charge in [0.1, 0.15) is 0 Å². The molecule has 1 heterocycles. The fraction of sp³-hybridized carbons (Fsp3) is 0.500. The molecule has 1 aliphatic heterocycles. The Balaban J connectivity index is 2.24. The van der Waals surface area contributed by atoms with Gasteiger partial charge in [0.2, 0.25) is 11.8 Å². The molecule has 1 N–H and O–H groups in total. The third-order valence-electron chi connectivity index (χ3n) is 3.91. The molecule has 0 spiro atoms. The predicted molar refractivity (Wildman–Crippen MR) is 76.0 cm³/mol. The predicted octanol–water partition coefficient (Wildman–Crippen LogP) is 1.94. The number of aliphatic hydroxyl groups is 1. The number of hydrogen-bond acceptors (Lipinski definition) is 3. The van der Waals surface area contributed by atoms with Gasteiger partial charge < -0.3 is 5.11 Å². The highest BCUT2D eigenvalue weighted by atomic mass is 16.3. The summed E-state index contributed by atoms with van der Waals surface area (Å²) in [5.41, 5.74) is 0.889. The van der Waals surface area contributed by atoms with Crippen LogP contribution < -0.4 is 0 Å². The number of nitrogens with zero attached hydrogens (tertiary/aromatic N) is 1. The average Bonchev–Trinajstić information content (AvgIpc) is 2.72. The van der Waals surface area contributed by atoms with Crippen molar-refractivity contribution >= 4 is 11.8 Å². The van der Waals surface area contributed by atoms with E-state index < -0.39 is 0 Å². The summed E-state index contributed by atoms with van der Waals surface area (Å²) >= 11 is 0. The van der Waals surface area contributed by atoms with Crippen LogP contribution in [0.2, 0.25) is 0 Å². The van der Waals surface area contributed by atoms with Crippen LogP contribution in [-0.2, 0) is 9.59 Å². The zero-order chi connectivity index (χ0) is 14.7. The first-order chi connectivity index (χ1) is 9.56. The van der Waals surface area contributed by atoms with Crippen molar-refractivity contribution in [2.45, 2.75) is 38.6 Å². The summed E-state index contributed by atoms with van der Waals surface area (Å²) < 4.78 is 0. The van der Waals surface area contributed by atoms with Crippen molar-refractivity contribution in [2.24, 2.45) is 5.92 Å². The first-order valence-corrected chi connectivity index (χ1v) is 7.08. The second-order valence-electron chi connectivity index (χ2n) is 5.59. The van der Waals surface area contributed by atoms with Crippen LogP contribution in [0.25, 0.3) is 0 Å². The van der Waals surface area contributed by atoms with E-state index in [1.165, 1.54) is 4.90 Å². The van der Waals surface area contributed by atoms with E-state index in [0.717, 1.165) is 5.56 Å². The molecule has 108 valence electrons. The van der Waals surface area contributed by atoms with E-state index in [2.05, 4.69) is 0 Å². The molecule has 2 unspecified atom stereocenters. The molecule has 1 aromatic rings. The molecular weight excluding hydrogens is 254 g/mol. The van der Waals surface area contributed by atoms with Gasteiger partial charge in [0.05, 0.1) is 5.92 Å². The minimum atomic E-state index is -0.372. The molecule has 20 heavy (non-hydrogen) atoms. The Morgan fingerprint density at radius 1 is 1.25 bits per heavy atom. The zero-order valence-electron chi connectivity index (χ0n) is 12.0. The molecule has 1 saturated heterocycles. The first kappa shape index (κ1) is 14.7. The number of likely N-dealkylation sites (tertiary alicyclic amines) is 1. The van der Waals surface area contributed by atoms with Crippen molar-refractivity contribution in [3.63, 3.8) is 0 Å². The molecule has 0 saturated carbocycles. The van der Waals surface area contributed by atoms with E-state index in [4.69, 9.17) is 5.11 Å². The highest BCUT2D eigenvalue weighted by molar-refractivity contribution is 6.06. The highest BCUT2D eigenvalue weighted by Crippen LogP contribution is 2.33. The lowest BCUT2D eigenvalue weighted by Crippen LogP contribution is -2.43. The van der Waals surface area contributed by atoms with Gasteiger partial charge in [-0.3, -0.25) is 14.5 Å². The lowest BCUT2D eigenvalue weighted by atomic mass is 9.97. The molecule has 0 bridgehead atoms. The van der Waals surface area contributed by atoms with Crippen molar-refractivity contribution in [3.05, 3.63) is 35.9 Å². The van der Waals surface area contributed by atoms with Crippen LogP contribution >= 0.6 is 0 Å². The van der Waals surface area contributed by atoms with Crippen LogP contribution in [0.4, 0.5) is 0 Å². The van der Waals surface area contributed by atoms with Gasteiger partial charge in [-0.05, 0) is 17.9 Å². The topological polar surface area (TPSA) is 57.6 Å². The van der Waals surface area contributed by atoms with Gasteiger partial charge in [-0.25, -0.2) is 0 Å². The van der Waals surface area contributed by atoms with Gasteiger partial charge in [0.25, 0.3) is 0 Å². The van der Waals surface area contributed by atoms with Gasteiger partial charge in [0, 0.05) is 19.1 Å². The van der Waals surface area contributed by atoms with Gasteiger partial charge >= 0.3 is 0 Å². The van der Waals surface area contributed by atoms with Gasteiger partial charge in [-0.2, -0.15) is 0 Å². The summed E-state index contributed by atoms with van der Waals surface area (Å²) in [6.45, 7) is 3.92. The second kappa shape index (κ2) is 6.18. The van der Waals surface area contributed by atoms with Crippen molar-refractivity contribution in [1.29, 1.82) is 0 Å². The second-order valence-corrected chi connectivity index (χ2v) is 5.59. The van der Waals surface area contributed by atoms with Gasteiger partial charge in [-0.1, -0.05) is 44.2 Å². The van der Waals surface area contributed by atoms with E-state index in [9.17, 15) is 9.59 Å². The molecule has 2 amide bonds. The quantitative estimate of drug-likeness (QED) is 0.835. The van der Waals surface area contributed by atoms with Gasteiger partial charge in [-0.15, -0.1) is 0 Å². The normalized spacial score (nSPS) is 20.8. The van der Waals surface area contributed by atoms with Crippen molar-refractivity contribution in [1.82, 2.24) is 4.90 Å². The fourth-order valence-corrected chi connectivity index (χ4v) is 2.84. The molecule has 0 aliphatic carbocycles. The Labute approximate surface area is 119 Å². The third kappa shape index (κ3) is 2.75. The third-order valence-corrected chi connectivity index (χ3v) is 3.91. The molecule has 1 aliphatic rings. The first-order valence-electron chi connectivity index (χ1n) is 7.08. The number of aliphatic hydroxyl groups excluding tert-OH is 1.